The molecule has 1 unspecified atom stereocenters. The molecule has 0 aliphatic heterocycles. The van der Waals surface area contributed by atoms with Gasteiger partial charge in [0.1, 0.15) is 5.82 Å². The van der Waals surface area contributed by atoms with Gasteiger partial charge in [-0.25, -0.2) is 9.18 Å². The van der Waals surface area contributed by atoms with Crippen LogP contribution in [0.25, 0.3) is 0 Å². The van der Waals surface area contributed by atoms with Crippen molar-refractivity contribution in [1.82, 2.24) is 0 Å². The Labute approximate surface area is 105 Å². The first-order valence-corrected chi connectivity index (χ1v) is 5.46. The highest BCUT2D eigenvalue weighted by Gasteiger charge is 2.56. The van der Waals surface area contributed by atoms with Gasteiger partial charge in [0, 0.05) is 5.41 Å². The molecule has 7 heteroatoms. The highest BCUT2D eigenvalue weighted by molar-refractivity contribution is 5.76. The van der Waals surface area contributed by atoms with Gasteiger partial charge in [-0.1, -0.05) is 0 Å². The van der Waals surface area contributed by atoms with E-state index in [2.05, 4.69) is 0 Å². The molecular weight excluding hydrogens is 268 g/mol. The van der Waals surface area contributed by atoms with Crippen molar-refractivity contribution in [3.8, 4) is 0 Å². The Morgan fingerprint density at radius 2 is 1.89 bits per heavy atom. The maximum Gasteiger partial charge on any atom is 0.416 e. The Hall–Kier alpha value is -1.63. The quantitative estimate of drug-likeness (QED) is 0.834. The molecule has 2 N–H and O–H groups in total. The van der Waals surface area contributed by atoms with Crippen molar-refractivity contribution in [2.75, 3.05) is 0 Å². The number of aliphatic carboxylic acids is 1. The molecule has 0 heterocycles. The van der Waals surface area contributed by atoms with Gasteiger partial charge >= 0.3 is 12.1 Å². The van der Waals surface area contributed by atoms with E-state index in [0.29, 0.717) is 18.2 Å². The zero-order chi connectivity index (χ0) is 14.4. The first-order chi connectivity index (χ1) is 8.68. The average molecular weight is 278 g/mol. The van der Waals surface area contributed by atoms with Gasteiger partial charge in [0.05, 0.1) is 5.56 Å². The van der Waals surface area contributed by atoms with Crippen molar-refractivity contribution >= 4 is 5.97 Å². The second-order valence-corrected chi connectivity index (χ2v) is 4.58. The van der Waals surface area contributed by atoms with Crippen molar-refractivity contribution < 1.29 is 32.6 Å². The lowest BCUT2D eigenvalue weighted by Gasteiger charge is -2.23. The topological polar surface area (TPSA) is 57.5 Å². The fourth-order valence-corrected chi connectivity index (χ4v) is 2.24. The molecule has 0 spiro atoms. The fraction of sp³-hybridized carbons (Fsp3) is 0.417. The maximum atomic E-state index is 13.2. The van der Waals surface area contributed by atoms with Gasteiger partial charge in [-0.05, 0) is 36.6 Å². The third-order valence-corrected chi connectivity index (χ3v) is 3.37. The third kappa shape index (κ3) is 2.30. The van der Waals surface area contributed by atoms with Crippen molar-refractivity contribution in [3.63, 3.8) is 0 Å². The van der Waals surface area contributed by atoms with E-state index in [4.69, 9.17) is 5.11 Å². The van der Waals surface area contributed by atoms with Gasteiger partial charge < -0.3 is 10.2 Å². The normalized spacial score (nSPS) is 19.0. The summed E-state index contributed by atoms with van der Waals surface area (Å²) in [6.07, 6.45) is -6.55. The van der Waals surface area contributed by atoms with Crippen LogP contribution in [0.4, 0.5) is 17.6 Å². The number of carbonyl (C=O) groups is 1. The molecule has 1 fully saturated rings. The lowest BCUT2D eigenvalue weighted by molar-refractivity contribution is -0.150. The molecule has 0 radical (unpaired) electrons. The standard InChI is InChI=1S/C12H10F4O3/c13-6-1-2-7(12(14,15)16)8(5-6)11(3-4-11)9(17)10(18)19/h1-2,5,9,17H,3-4H2,(H,18,19). The van der Waals surface area contributed by atoms with E-state index in [1.54, 1.807) is 0 Å². The summed E-state index contributed by atoms with van der Waals surface area (Å²) in [6.45, 7) is 0. The minimum absolute atomic E-state index is 0.0764. The Morgan fingerprint density at radius 3 is 2.32 bits per heavy atom. The number of aliphatic hydroxyl groups excluding tert-OH is 1. The molecule has 1 aliphatic carbocycles. The molecule has 104 valence electrons. The van der Waals surface area contributed by atoms with E-state index in [-0.39, 0.29) is 12.8 Å². The number of benzene rings is 1. The summed E-state index contributed by atoms with van der Waals surface area (Å²) in [5.41, 5.74) is -3.14. The number of hydrogen-bond donors (Lipinski definition) is 2. The molecule has 2 rings (SSSR count). The summed E-state index contributed by atoms with van der Waals surface area (Å²) in [7, 11) is 0. The van der Waals surface area contributed by atoms with Crippen LogP contribution in [0.1, 0.15) is 24.0 Å². The molecule has 1 aromatic carbocycles. The van der Waals surface area contributed by atoms with Gasteiger partial charge in [0.2, 0.25) is 0 Å². The van der Waals surface area contributed by atoms with E-state index in [9.17, 15) is 27.5 Å². The SMILES string of the molecule is O=C(O)C(O)C1(c2cc(F)ccc2C(F)(F)F)CC1. The van der Waals surface area contributed by atoms with E-state index in [1.807, 2.05) is 0 Å². The van der Waals surface area contributed by atoms with E-state index < -0.39 is 40.6 Å². The first kappa shape index (κ1) is 13.8. The monoisotopic (exact) mass is 278 g/mol. The molecule has 1 saturated carbocycles. The molecule has 0 amide bonds. The van der Waals surface area contributed by atoms with E-state index in [0.717, 1.165) is 0 Å². The lowest BCUT2D eigenvalue weighted by Crippen LogP contribution is -2.35. The average Bonchev–Trinajstić information content (AvgIpc) is 3.07. The highest BCUT2D eigenvalue weighted by Crippen LogP contribution is 2.54. The predicted octanol–water partition coefficient (Wildman–Crippen LogP) is 2.32. The van der Waals surface area contributed by atoms with Gasteiger partial charge in [-0.15, -0.1) is 0 Å². The summed E-state index contributed by atoms with van der Waals surface area (Å²) >= 11 is 0. The molecule has 19 heavy (non-hydrogen) atoms. The first-order valence-electron chi connectivity index (χ1n) is 5.46. The summed E-state index contributed by atoms with van der Waals surface area (Å²) in [5, 5.41) is 18.3. The second-order valence-electron chi connectivity index (χ2n) is 4.58. The maximum absolute atomic E-state index is 13.2. The van der Waals surface area contributed by atoms with E-state index >= 15 is 0 Å². The molecule has 1 aromatic rings. The number of alkyl halides is 3. The summed E-state index contributed by atoms with van der Waals surface area (Å²) < 4.78 is 51.7. The number of carboxylic acid groups (broad SMARTS) is 1. The second kappa shape index (κ2) is 4.19. The van der Waals surface area contributed by atoms with Crippen LogP contribution in [0.2, 0.25) is 0 Å². The highest BCUT2D eigenvalue weighted by atomic mass is 19.4. The van der Waals surface area contributed by atoms with E-state index in [1.165, 1.54) is 0 Å². The van der Waals surface area contributed by atoms with Crippen LogP contribution in [0.15, 0.2) is 18.2 Å². The van der Waals surface area contributed by atoms with Crippen LogP contribution < -0.4 is 0 Å². The lowest BCUT2D eigenvalue weighted by atomic mass is 9.86. The smallest absolute Gasteiger partial charge is 0.416 e. The number of rotatable bonds is 3. The number of aliphatic hydroxyl groups is 1. The number of hydrogen-bond acceptors (Lipinski definition) is 2. The Kier molecular flexibility index (Phi) is 3.04. The van der Waals surface area contributed by atoms with Crippen LogP contribution in [0, 0.1) is 5.82 Å². The molecule has 0 saturated heterocycles. The minimum atomic E-state index is -4.73. The number of carboxylic acids is 1. The molecule has 0 bridgehead atoms. The summed E-state index contributed by atoms with van der Waals surface area (Å²) in [6, 6.07) is 1.89. The van der Waals surface area contributed by atoms with Crippen LogP contribution >= 0.6 is 0 Å². The fourth-order valence-electron chi connectivity index (χ4n) is 2.24. The number of halogens is 4. The molecule has 0 aromatic heterocycles. The van der Waals surface area contributed by atoms with Gasteiger partial charge in [0.25, 0.3) is 0 Å². The van der Waals surface area contributed by atoms with Gasteiger partial charge in [-0.3, -0.25) is 0 Å². The van der Waals surface area contributed by atoms with Crippen molar-refractivity contribution in [2.45, 2.75) is 30.5 Å². The van der Waals surface area contributed by atoms with Gasteiger partial charge in [-0.2, -0.15) is 13.2 Å². The van der Waals surface area contributed by atoms with Crippen LogP contribution in [-0.4, -0.2) is 22.3 Å². The Morgan fingerprint density at radius 1 is 1.32 bits per heavy atom. The third-order valence-electron chi connectivity index (χ3n) is 3.37. The Balaban J connectivity index is 2.56. The van der Waals surface area contributed by atoms with Crippen molar-refractivity contribution in [1.29, 1.82) is 0 Å². The van der Waals surface area contributed by atoms with Gasteiger partial charge in [0.15, 0.2) is 6.10 Å². The molecular formula is C12H10F4O3. The van der Waals surface area contributed by atoms with Crippen molar-refractivity contribution in [2.24, 2.45) is 0 Å². The minimum Gasteiger partial charge on any atom is -0.479 e. The Bertz CT molecular complexity index is 520. The summed E-state index contributed by atoms with van der Waals surface area (Å²) in [4.78, 5) is 10.8. The molecule has 1 atom stereocenters. The zero-order valence-electron chi connectivity index (χ0n) is 9.54. The van der Waals surface area contributed by atoms with Crippen LogP contribution in [-0.2, 0) is 16.4 Å². The summed E-state index contributed by atoms with van der Waals surface area (Å²) in [5.74, 6) is -2.51. The van der Waals surface area contributed by atoms with Crippen LogP contribution in [0.5, 0.6) is 0 Å². The van der Waals surface area contributed by atoms with Crippen molar-refractivity contribution in [3.05, 3.63) is 35.1 Å². The molecule has 3 nitrogen and oxygen atoms in total. The van der Waals surface area contributed by atoms with Crippen LogP contribution in [0.3, 0.4) is 0 Å². The predicted molar refractivity (Wildman–Crippen MR) is 56.0 cm³/mol. The molecule has 1 aliphatic rings. The zero-order valence-corrected chi connectivity index (χ0v) is 9.54. The largest absolute Gasteiger partial charge is 0.479 e.